The monoisotopic (exact) mass is 468 g/mol. The standard InChI is InChI=1S/C28H33FO5/c1-17-13-22-21-10-9-18-14-19(30)11-12-24(18,2)27(21,29)23(31)15-25(22,3)28(17,32)26(16-33-26)34-20-7-5-4-6-8-20/h4-8,11-12,14,17,21-23,31-32H,9-10,13,15-16H2,1-3H3/t17-,21-,22-,23-,24-,25-,26+,27-,28+/m0/s1. The van der Waals surface area contributed by atoms with E-state index in [4.69, 9.17) is 9.47 Å². The maximum atomic E-state index is 17.3. The number of aliphatic hydroxyl groups is 2. The molecule has 1 saturated heterocycles. The van der Waals surface area contributed by atoms with Crippen LogP contribution in [0.5, 0.6) is 5.75 Å². The Bertz CT molecular complexity index is 1100. The maximum Gasteiger partial charge on any atom is 0.264 e. The van der Waals surface area contributed by atoms with E-state index < -0.39 is 39.9 Å². The number of alkyl halides is 1. The fourth-order valence-corrected chi connectivity index (χ4v) is 8.46. The van der Waals surface area contributed by atoms with Gasteiger partial charge in [-0.3, -0.25) is 4.79 Å². The van der Waals surface area contributed by atoms with Crippen molar-refractivity contribution >= 4 is 5.78 Å². The number of rotatable bonds is 3. The number of carbonyl (C=O) groups excluding carboxylic acids is 1. The van der Waals surface area contributed by atoms with Crippen molar-refractivity contribution in [2.45, 2.75) is 69.6 Å². The first kappa shape index (κ1) is 22.4. The first-order valence-electron chi connectivity index (χ1n) is 12.4. The molecule has 6 heteroatoms. The molecule has 1 aromatic rings. The van der Waals surface area contributed by atoms with Crippen LogP contribution in [-0.4, -0.2) is 45.8 Å². The van der Waals surface area contributed by atoms with Crippen molar-refractivity contribution < 1.29 is 28.9 Å². The molecule has 1 aliphatic heterocycles. The number of hydrogen-bond donors (Lipinski definition) is 2. The Hall–Kier alpha value is -2.02. The number of fused-ring (bicyclic) bond motifs is 5. The summed E-state index contributed by atoms with van der Waals surface area (Å²) < 4.78 is 29.5. The Morgan fingerprint density at radius 2 is 1.88 bits per heavy atom. The molecule has 6 rings (SSSR count). The van der Waals surface area contributed by atoms with E-state index in [1.807, 2.05) is 51.1 Å². The van der Waals surface area contributed by atoms with Crippen molar-refractivity contribution in [3.05, 3.63) is 54.1 Å². The first-order chi connectivity index (χ1) is 16.0. The molecule has 182 valence electrons. The molecular formula is C28H33FO5. The molecule has 4 aliphatic carbocycles. The highest BCUT2D eigenvalue weighted by Crippen LogP contribution is 2.73. The van der Waals surface area contributed by atoms with Crippen molar-refractivity contribution in [3.8, 4) is 5.75 Å². The molecule has 1 aromatic carbocycles. The average Bonchev–Trinajstić information content (AvgIpc) is 3.55. The van der Waals surface area contributed by atoms with E-state index in [1.165, 1.54) is 6.08 Å². The lowest BCUT2D eigenvalue weighted by Gasteiger charge is -2.63. The van der Waals surface area contributed by atoms with Crippen molar-refractivity contribution in [1.29, 1.82) is 0 Å². The van der Waals surface area contributed by atoms with E-state index >= 15 is 4.39 Å². The summed E-state index contributed by atoms with van der Waals surface area (Å²) in [6, 6.07) is 9.31. The van der Waals surface area contributed by atoms with Gasteiger partial charge in [0.1, 0.15) is 18.0 Å². The van der Waals surface area contributed by atoms with Crippen LogP contribution in [0.1, 0.15) is 46.5 Å². The Balaban J connectivity index is 1.41. The quantitative estimate of drug-likeness (QED) is 0.652. The van der Waals surface area contributed by atoms with Crippen LogP contribution in [0.15, 0.2) is 54.1 Å². The van der Waals surface area contributed by atoms with Gasteiger partial charge in [0.25, 0.3) is 5.79 Å². The van der Waals surface area contributed by atoms with Gasteiger partial charge in [0.2, 0.25) is 0 Å². The third kappa shape index (κ3) is 2.47. The molecule has 34 heavy (non-hydrogen) atoms. The van der Waals surface area contributed by atoms with E-state index in [2.05, 4.69) is 0 Å². The minimum atomic E-state index is -1.92. The number of halogens is 1. The Labute approximate surface area is 199 Å². The highest BCUT2D eigenvalue weighted by Gasteiger charge is 2.81. The van der Waals surface area contributed by atoms with E-state index in [9.17, 15) is 15.0 Å². The van der Waals surface area contributed by atoms with Gasteiger partial charge in [0.15, 0.2) is 11.5 Å². The number of hydrogen-bond acceptors (Lipinski definition) is 5. The molecule has 0 unspecified atom stereocenters. The average molecular weight is 469 g/mol. The van der Waals surface area contributed by atoms with Gasteiger partial charge in [-0.25, -0.2) is 4.39 Å². The highest BCUT2D eigenvalue weighted by atomic mass is 19.1. The zero-order chi connectivity index (χ0) is 24.1. The summed E-state index contributed by atoms with van der Waals surface area (Å²) in [5.41, 5.74) is -4.39. The van der Waals surface area contributed by atoms with Gasteiger partial charge < -0.3 is 19.7 Å². The van der Waals surface area contributed by atoms with Crippen LogP contribution < -0.4 is 4.74 Å². The van der Waals surface area contributed by atoms with Crippen molar-refractivity contribution in [3.63, 3.8) is 0 Å². The fraction of sp³-hybridized carbons (Fsp3) is 0.607. The summed E-state index contributed by atoms with van der Waals surface area (Å²) in [4.78, 5) is 12.0. The Kier molecular flexibility index (Phi) is 4.49. The second-order valence-corrected chi connectivity index (χ2v) is 11.6. The summed E-state index contributed by atoms with van der Waals surface area (Å²) in [6.45, 7) is 6.04. The molecule has 0 amide bonds. The SMILES string of the molecule is C[C@H]1C[C@H]2[C@@H]3CCC4=CC(=O)C=C[C@]4(C)[C@@]3(F)[C@@H](O)C[C@]2(C)[C@@]1(O)[C@]1(Oc2ccccc2)CO1. The lowest BCUT2D eigenvalue weighted by Crippen LogP contribution is -2.70. The molecule has 5 nitrogen and oxygen atoms in total. The predicted octanol–water partition coefficient (Wildman–Crippen LogP) is 4.14. The van der Waals surface area contributed by atoms with Gasteiger partial charge in [0.05, 0.1) is 6.10 Å². The zero-order valence-corrected chi connectivity index (χ0v) is 20.0. The second-order valence-electron chi connectivity index (χ2n) is 11.6. The Morgan fingerprint density at radius 3 is 2.56 bits per heavy atom. The van der Waals surface area contributed by atoms with Gasteiger partial charge in [-0.05, 0) is 68.7 Å². The normalized spacial score (nSPS) is 51.2. The van der Waals surface area contributed by atoms with Crippen LogP contribution in [-0.2, 0) is 9.53 Å². The van der Waals surface area contributed by atoms with Crippen LogP contribution in [0.2, 0.25) is 0 Å². The van der Waals surface area contributed by atoms with Gasteiger partial charge in [-0.15, -0.1) is 0 Å². The number of allylic oxidation sites excluding steroid dienone is 4. The minimum Gasteiger partial charge on any atom is -0.457 e. The molecule has 1 heterocycles. The smallest absolute Gasteiger partial charge is 0.264 e. The number of carbonyl (C=O) groups is 1. The molecule has 4 fully saturated rings. The predicted molar refractivity (Wildman–Crippen MR) is 124 cm³/mol. The number of benzene rings is 1. The minimum absolute atomic E-state index is 0.0966. The highest BCUT2D eigenvalue weighted by molar-refractivity contribution is 6.01. The second kappa shape index (κ2) is 6.80. The third-order valence-electron chi connectivity index (χ3n) is 10.2. The maximum absolute atomic E-state index is 17.3. The number of epoxide rings is 1. The number of para-hydroxylation sites is 1. The zero-order valence-electron chi connectivity index (χ0n) is 20.0. The van der Waals surface area contributed by atoms with E-state index in [1.54, 1.807) is 12.2 Å². The lowest BCUT2D eigenvalue weighted by molar-refractivity contribution is -0.256. The van der Waals surface area contributed by atoms with E-state index in [-0.39, 0.29) is 30.6 Å². The summed E-state index contributed by atoms with van der Waals surface area (Å²) in [6.07, 6.45) is 5.21. The van der Waals surface area contributed by atoms with Crippen LogP contribution >= 0.6 is 0 Å². The molecule has 3 saturated carbocycles. The molecule has 0 radical (unpaired) electrons. The molecule has 9 atom stereocenters. The number of ketones is 1. The van der Waals surface area contributed by atoms with Crippen LogP contribution in [0.25, 0.3) is 0 Å². The van der Waals surface area contributed by atoms with Gasteiger partial charge in [-0.1, -0.05) is 43.7 Å². The molecule has 0 bridgehead atoms. The molecule has 5 aliphatic rings. The fourth-order valence-electron chi connectivity index (χ4n) is 8.46. The van der Waals surface area contributed by atoms with Crippen molar-refractivity contribution in [2.75, 3.05) is 6.61 Å². The van der Waals surface area contributed by atoms with Crippen LogP contribution in [0.4, 0.5) is 4.39 Å². The summed E-state index contributed by atoms with van der Waals surface area (Å²) in [5.74, 6) is -1.55. The van der Waals surface area contributed by atoms with Crippen molar-refractivity contribution in [2.24, 2.45) is 28.6 Å². The number of aliphatic hydroxyl groups excluding tert-OH is 1. The van der Waals surface area contributed by atoms with Gasteiger partial charge in [-0.2, -0.15) is 0 Å². The number of ether oxygens (including phenoxy) is 2. The van der Waals surface area contributed by atoms with Crippen LogP contribution in [0, 0.1) is 28.6 Å². The van der Waals surface area contributed by atoms with Gasteiger partial charge in [0, 0.05) is 16.7 Å². The van der Waals surface area contributed by atoms with E-state index in [0.29, 0.717) is 25.0 Å². The van der Waals surface area contributed by atoms with Crippen molar-refractivity contribution in [1.82, 2.24) is 0 Å². The molecular weight excluding hydrogens is 435 g/mol. The molecule has 0 spiro atoms. The largest absolute Gasteiger partial charge is 0.457 e. The topological polar surface area (TPSA) is 79.3 Å². The third-order valence-corrected chi connectivity index (χ3v) is 10.2. The summed E-state index contributed by atoms with van der Waals surface area (Å²) in [5, 5.41) is 24.0. The van der Waals surface area contributed by atoms with Gasteiger partial charge >= 0.3 is 0 Å². The summed E-state index contributed by atoms with van der Waals surface area (Å²) in [7, 11) is 0. The van der Waals surface area contributed by atoms with Crippen LogP contribution in [0.3, 0.4) is 0 Å². The Morgan fingerprint density at radius 1 is 1.18 bits per heavy atom. The molecule has 2 N–H and O–H groups in total. The summed E-state index contributed by atoms with van der Waals surface area (Å²) >= 11 is 0. The first-order valence-corrected chi connectivity index (χ1v) is 12.4. The van der Waals surface area contributed by atoms with E-state index in [0.717, 1.165) is 5.57 Å². The molecule has 0 aromatic heterocycles. The lowest BCUT2D eigenvalue weighted by atomic mass is 9.44.